The SMILES string of the molecule is CC[C@H](O)[C@H](N)c1cc(F)ccc1C.Cl. The number of halogens is 2. The van der Waals surface area contributed by atoms with Crippen LogP contribution in [0.2, 0.25) is 0 Å². The molecule has 0 saturated carbocycles. The summed E-state index contributed by atoms with van der Waals surface area (Å²) in [6, 6.07) is 3.95. The number of aliphatic hydroxyl groups excluding tert-OH is 1. The van der Waals surface area contributed by atoms with Gasteiger partial charge in [-0.2, -0.15) is 0 Å². The first-order valence-corrected chi connectivity index (χ1v) is 4.76. The van der Waals surface area contributed by atoms with Crippen molar-refractivity contribution in [2.75, 3.05) is 0 Å². The fraction of sp³-hybridized carbons (Fsp3) is 0.455. The maximum absolute atomic E-state index is 12.9. The van der Waals surface area contributed by atoms with E-state index in [1.165, 1.54) is 12.1 Å². The van der Waals surface area contributed by atoms with Gasteiger partial charge in [-0.3, -0.25) is 0 Å². The van der Waals surface area contributed by atoms with E-state index in [1.807, 2.05) is 13.8 Å². The fourth-order valence-corrected chi connectivity index (χ4v) is 1.43. The minimum Gasteiger partial charge on any atom is -0.391 e. The Morgan fingerprint density at radius 2 is 2.07 bits per heavy atom. The summed E-state index contributed by atoms with van der Waals surface area (Å²) in [5.41, 5.74) is 7.39. The number of aryl methyl sites for hydroxylation is 1. The minimum atomic E-state index is -0.615. The van der Waals surface area contributed by atoms with Crippen molar-refractivity contribution in [3.8, 4) is 0 Å². The van der Waals surface area contributed by atoms with Gasteiger partial charge in [0.25, 0.3) is 0 Å². The van der Waals surface area contributed by atoms with Gasteiger partial charge in [-0.15, -0.1) is 12.4 Å². The van der Waals surface area contributed by atoms with Crippen molar-refractivity contribution in [2.45, 2.75) is 32.4 Å². The molecule has 2 nitrogen and oxygen atoms in total. The molecular weight excluding hydrogens is 217 g/mol. The van der Waals surface area contributed by atoms with E-state index >= 15 is 0 Å². The highest BCUT2D eigenvalue weighted by atomic mass is 35.5. The number of aliphatic hydroxyl groups is 1. The van der Waals surface area contributed by atoms with Gasteiger partial charge in [0.05, 0.1) is 12.1 Å². The van der Waals surface area contributed by atoms with Crippen LogP contribution in [0.5, 0.6) is 0 Å². The Bertz CT molecular complexity index is 319. The van der Waals surface area contributed by atoms with Crippen molar-refractivity contribution in [2.24, 2.45) is 5.73 Å². The lowest BCUT2D eigenvalue weighted by Gasteiger charge is -2.19. The highest BCUT2D eigenvalue weighted by Crippen LogP contribution is 2.21. The van der Waals surface area contributed by atoms with Crippen molar-refractivity contribution in [3.63, 3.8) is 0 Å². The normalized spacial score (nSPS) is 14.2. The summed E-state index contributed by atoms with van der Waals surface area (Å²) in [4.78, 5) is 0. The van der Waals surface area contributed by atoms with Gasteiger partial charge in [-0.1, -0.05) is 13.0 Å². The summed E-state index contributed by atoms with van der Waals surface area (Å²) >= 11 is 0. The molecule has 4 heteroatoms. The van der Waals surface area contributed by atoms with Crippen molar-refractivity contribution in [1.29, 1.82) is 0 Å². The fourth-order valence-electron chi connectivity index (χ4n) is 1.43. The molecule has 0 aromatic heterocycles. The third-order valence-electron chi connectivity index (χ3n) is 2.43. The molecule has 0 saturated heterocycles. The largest absolute Gasteiger partial charge is 0.391 e. The lowest BCUT2D eigenvalue weighted by molar-refractivity contribution is 0.140. The molecular formula is C11H17ClFNO. The van der Waals surface area contributed by atoms with Gasteiger partial charge in [0, 0.05) is 0 Å². The summed E-state index contributed by atoms with van der Waals surface area (Å²) in [5.74, 6) is -0.315. The monoisotopic (exact) mass is 233 g/mol. The third-order valence-corrected chi connectivity index (χ3v) is 2.43. The molecule has 0 heterocycles. The molecule has 1 rings (SSSR count). The first kappa shape index (κ1) is 14.4. The number of benzene rings is 1. The molecule has 0 amide bonds. The summed E-state index contributed by atoms with van der Waals surface area (Å²) in [6.07, 6.45) is -0.0487. The lowest BCUT2D eigenvalue weighted by Crippen LogP contribution is -2.26. The van der Waals surface area contributed by atoms with E-state index in [0.717, 1.165) is 5.56 Å². The molecule has 0 aliphatic heterocycles. The quantitative estimate of drug-likeness (QED) is 0.842. The molecule has 15 heavy (non-hydrogen) atoms. The zero-order chi connectivity index (χ0) is 10.7. The van der Waals surface area contributed by atoms with Gasteiger partial charge in [-0.05, 0) is 36.6 Å². The maximum Gasteiger partial charge on any atom is 0.123 e. The van der Waals surface area contributed by atoms with Gasteiger partial charge in [0.1, 0.15) is 5.82 Å². The van der Waals surface area contributed by atoms with Crippen LogP contribution < -0.4 is 5.73 Å². The van der Waals surface area contributed by atoms with E-state index in [4.69, 9.17) is 5.73 Å². The summed E-state index contributed by atoms with van der Waals surface area (Å²) in [6.45, 7) is 3.70. The summed E-state index contributed by atoms with van der Waals surface area (Å²) < 4.78 is 12.9. The van der Waals surface area contributed by atoms with Crippen LogP contribution in [0.1, 0.15) is 30.5 Å². The summed E-state index contributed by atoms with van der Waals surface area (Å²) in [5, 5.41) is 9.55. The van der Waals surface area contributed by atoms with Crippen molar-refractivity contribution < 1.29 is 9.50 Å². The molecule has 0 radical (unpaired) electrons. The van der Waals surface area contributed by atoms with Gasteiger partial charge in [-0.25, -0.2) is 4.39 Å². The lowest BCUT2D eigenvalue weighted by atomic mass is 9.96. The Morgan fingerprint density at radius 1 is 1.47 bits per heavy atom. The predicted molar refractivity (Wildman–Crippen MR) is 61.6 cm³/mol. The highest BCUT2D eigenvalue weighted by molar-refractivity contribution is 5.85. The maximum atomic E-state index is 12.9. The van der Waals surface area contributed by atoms with Crippen LogP contribution in [0, 0.1) is 12.7 Å². The Kier molecular flexibility index (Phi) is 5.80. The first-order valence-electron chi connectivity index (χ1n) is 4.76. The van der Waals surface area contributed by atoms with Gasteiger partial charge in [0.2, 0.25) is 0 Å². The van der Waals surface area contributed by atoms with Crippen molar-refractivity contribution in [3.05, 3.63) is 35.1 Å². The minimum absolute atomic E-state index is 0. The summed E-state index contributed by atoms with van der Waals surface area (Å²) in [7, 11) is 0. The van der Waals surface area contributed by atoms with Gasteiger partial charge < -0.3 is 10.8 Å². The second-order valence-corrected chi connectivity index (χ2v) is 3.50. The zero-order valence-electron chi connectivity index (χ0n) is 8.90. The number of hydrogen-bond acceptors (Lipinski definition) is 2. The van der Waals surface area contributed by atoms with Crippen LogP contribution in [0.15, 0.2) is 18.2 Å². The average Bonchev–Trinajstić information content (AvgIpc) is 2.19. The third kappa shape index (κ3) is 3.45. The Morgan fingerprint density at radius 3 is 2.60 bits per heavy atom. The zero-order valence-corrected chi connectivity index (χ0v) is 9.72. The molecule has 1 aromatic rings. The molecule has 0 unspecified atom stereocenters. The van der Waals surface area contributed by atoms with Crippen LogP contribution in [0.3, 0.4) is 0 Å². The Hall–Kier alpha value is -0.640. The van der Waals surface area contributed by atoms with E-state index in [-0.39, 0.29) is 18.2 Å². The smallest absolute Gasteiger partial charge is 0.123 e. The number of hydrogen-bond donors (Lipinski definition) is 2. The second kappa shape index (κ2) is 6.05. The molecule has 1 aromatic carbocycles. The second-order valence-electron chi connectivity index (χ2n) is 3.50. The molecule has 0 fully saturated rings. The van der Waals surface area contributed by atoms with Gasteiger partial charge in [0.15, 0.2) is 0 Å². The van der Waals surface area contributed by atoms with Gasteiger partial charge >= 0.3 is 0 Å². The average molecular weight is 234 g/mol. The molecule has 0 aliphatic carbocycles. The van der Waals surface area contributed by atoms with Crippen LogP contribution in [-0.4, -0.2) is 11.2 Å². The topological polar surface area (TPSA) is 46.2 Å². The molecule has 0 aliphatic rings. The van der Waals surface area contributed by atoms with Crippen LogP contribution in [-0.2, 0) is 0 Å². The van der Waals surface area contributed by atoms with Crippen molar-refractivity contribution in [1.82, 2.24) is 0 Å². The van der Waals surface area contributed by atoms with Crippen LogP contribution >= 0.6 is 12.4 Å². The molecule has 3 N–H and O–H groups in total. The first-order chi connectivity index (χ1) is 6.56. The van der Waals surface area contributed by atoms with E-state index < -0.39 is 12.1 Å². The Balaban J connectivity index is 0.00000196. The molecule has 2 atom stereocenters. The number of nitrogens with two attached hydrogens (primary N) is 1. The number of rotatable bonds is 3. The van der Waals surface area contributed by atoms with Crippen molar-refractivity contribution >= 4 is 12.4 Å². The van der Waals surface area contributed by atoms with Crippen LogP contribution in [0.25, 0.3) is 0 Å². The van der Waals surface area contributed by atoms with E-state index in [0.29, 0.717) is 12.0 Å². The van der Waals surface area contributed by atoms with E-state index in [2.05, 4.69) is 0 Å². The molecule has 86 valence electrons. The Labute approximate surface area is 95.7 Å². The standard InChI is InChI=1S/C11H16FNO.ClH/c1-3-10(14)11(13)9-6-8(12)5-4-7(9)2;/h4-6,10-11,14H,3,13H2,1-2H3;1H/t10-,11+;/m0./s1. The van der Waals surface area contributed by atoms with Crippen LogP contribution in [0.4, 0.5) is 4.39 Å². The predicted octanol–water partition coefficient (Wildman–Crippen LogP) is 2.33. The highest BCUT2D eigenvalue weighted by Gasteiger charge is 2.17. The molecule has 0 bridgehead atoms. The molecule has 0 spiro atoms. The van der Waals surface area contributed by atoms with E-state index in [9.17, 15) is 9.50 Å². The van der Waals surface area contributed by atoms with E-state index in [1.54, 1.807) is 6.07 Å².